The van der Waals surface area contributed by atoms with Gasteiger partial charge < -0.3 is 15.5 Å². The maximum absolute atomic E-state index is 11.3. The first kappa shape index (κ1) is 21.5. The summed E-state index contributed by atoms with van der Waals surface area (Å²) in [5, 5.41) is 22.9. The van der Waals surface area contributed by atoms with Gasteiger partial charge in [0.05, 0.1) is 18.2 Å². The monoisotopic (exact) mass is 367 g/mol. The van der Waals surface area contributed by atoms with E-state index in [0.717, 1.165) is 11.4 Å². The molecule has 0 spiro atoms. The van der Waals surface area contributed by atoms with E-state index in [9.17, 15) is 4.79 Å². The van der Waals surface area contributed by atoms with Gasteiger partial charge >= 0.3 is 0 Å². The zero-order valence-corrected chi connectivity index (χ0v) is 16.3. The molecule has 1 aromatic heterocycles. The van der Waals surface area contributed by atoms with Gasteiger partial charge in [0.2, 0.25) is 5.91 Å². The molecule has 0 radical (unpaired) electrons. The number of H-pyrrole nitrogens is 1. The summed E-state index contributed by atoms with van der Waals surface area (Å²) in [6.07, 6.45) is 0.132. The van der Waals surface area contributed by atoms with E-state index in [1.54, 1.807) is 18.9 Å². The Labute approximate surface area is 159 Å². The molecule has 0 unspecified atom stereocenters. The third-order valence-corrected chi connectivity index (χ3v) is 4.11. The highest BCUT2D eigenvalue weighted by molar-refractivity contribution is 5.91. The molecule has 0 fully saturated rings. The summed E-state index contributed by atoms with van der Waals surface area (Å²) in [5.41, 5.74) is 8.11. The van der Waals surface area contributed by atoms with Crippen molar-refractivity contribution >= 4 is 23.1 Å². The van der Waals surface area contributed by atoms with Gasteiger partial charge in [-0.2, -0.15) is 15.6 Å². The van der Waals surface area contributed by atoms with E-state index in [1.165, 1.54) is 0 Å². The topological polar surface area (TPSA) is 126 Å². The largest absolute Gasteiger partial charge is 0.381 e. The average Bonchev–Trinajstić information content (AvgIpc) is 3.00. The van der Waals surface area contributed by atoms with Gasteiger partial charge in [0, 0.05) is 38.4 Å². The Bertz CT molecular complexity index is 858. The van der Waals surface area contributed by atoms with E-state index in [4.69, 9.17) is 16.3 Å². The molecule has 1 amide bonds. The number of aromatic amines is 1. The molecule has 8 nitrogen and oxygen atoms in total. The average molecular weight is 367 g/mol. The van der Waals surface area contributed by atoms with Gasteiger partial charge in [-0.3, -0.25) is 9.89 Å². The van der Waals surface area contributed by atoms with Gasteiger partial charge in [-0.15, -0.1) is 0 Å². The van der Waals surface area contributed by atoms with Crippen LogP contribution in [-0.2, 0) is 11.2 Å². The summed E-state index contributed by atoms with van der Waals surface area (Å²) in [6, 6.07) is 12.2. The number of nitrogens with two attached hydrogens (primary N) is 1. The van der Waals surface area contributed by atoms with Gasteiger partial charge in [0.1, 0.15) is 11.6 Å². The van der Waals surface area contributed by atoms with Crippen LogP contribution in [0.15, 0.2) is 24.3 Å². The maximum atomic E-state index is 11.3. The van der Waals surface area contributed by atoms with E-state index < -0.39 is 0 Å². The van der Waals surface area contributed by atoms with Crippen LogP contribution in [0.3, 0.4) is 0 Å². The molecule has 1 aromatic carbocycles. The number of hydrogen-bond acceptors (Lipinski definition) is 6. The first-order valence-corrected chi connectivity index (χ1v) is 8.39. The second kappa shape index (κ2) is 9.83. The Balaban J connectivity index is 0.000000289. The van der Waals surface area contributed by atoms with Gasteiger partial charge in [-0.05, 0) is 32.0 Å². The third kappa shape index (κ3) is 5.75. The summed E-state index contributed by atoms with van der Waals surface area (Å²) in [5.74, 6) is 0.196. The van der Waals surface area contributed by atoms with Gasteiger partial charge in [0.15, 0.2) is 5.82 Å². The molecule has 0 atom stereocenters. The maximum Gasteiger partial charge on any atom is 0.223 e. The molecule has 27 heavy (non-hydrogen) atoms. The molecule has 3 N–H and O–H groups in total. The second-order valence-electron chi connectivity index (χ2n) is 6.21. The SMILES string of the molecule is CC(=O)N(C)c1cccc(N(C)C(C)C)c1.N#CCc1[nH]nc(N)c1C#N. The fraction of sp³-hybridized carbons (Fsp3) is 0.368. The molecule has 1 heterocycles. The van der Waals surface area contributed by atoms with Crippen LogP contribution in [0, 0.1) is 22.7 Å². The highest BCUT2D eigenvalue weighted by Crippen LogP contribution is 2.22. The zero-order valence-electron chi connectivity index (χ0n) is 16.3. The molecule has 2 rings (SSSR count). The Kier molecular flexibility index (Phi) is 7.84. The lowest BCUT2D eigenvalue weighted by molar-refractivity contribution is -0.116. The number of nitrogens with zero attached hydrogens (tertiary/aromatic N) is 5. The van der Waals surface area contributed by atoms with Crippen LogP contribution in [0.25, 0.3) is 0 Å². The molecular weight excluding hydrogens is 342 g/mol. The number of anilines is 3. The first-order chi connectivity index (χ1) is 12.7. The molecule has 0 saturated carbocycles. The fourth-order valence-electron chi connectivity index (χ4n) is 2.13. The summed E-state index contributed by atoms with van der Waals surface area (Å²) in [6.45, 7) is 5.85. The Morgan fingerprint density at radius 1 is 1.30 bits per heavy atom. The van der Waals surface area contributed by atoms with Crippen molar-refractivity contribution in [3.63, 3.8) is 0 Å². The van der Waals surface area contributed by atoms with Gasteiger partial charge in [-0.25, -0.2) is 0 Å². The number of nitrogens with one attached hydrogen (secondary N) is 1. The number of carbonyl (C=O) groups excluding carboxylic acids is 1. The van der Waals surface area contributed by atoms with E-state index in [0.29, 0.717) is 11.7 Å². The summed E-state index contributed by atoms with van der Waals surface area (Å²) in [4.78, 5) is 15.1. The standard InChI is InChI=1S/C13H20N2O.C6H5N5/c1-10(2)14(4)12-7-6-8-13(9-12)15(5)11(3)16;7-2-1-5-4(3-8)6(9)11-10-5/h6-10H,1-5H3;1H2,(H3,9,10,11). The highest BCUT2D eigenvalue weighted by Gasteiger charge is 2.09. The summed E-state index contributed by atoms with van der Waals surface area (Å²) in [7, 11) is 3.84. The molecule has 0 aliphatic heterocycles. The number of aromatic nitrogens is 2. The highest BCUT2D eigenvalue weighted by atomic mass is 16.2. The lowest BCUT2D eigenvalue weighted by atomic mass is 10.2. The normalized spacial score (nSPS) is 9.63. The van der Waals surface area contributed by atoms with Crippen LogP contribution in [0.4, 0.5) is 17.2 Å². The minimum absolute atomic E-state index is 0.0457. The van der Waals surface area contributed by atoms with Crippen LogP contribution in [0.2, 0.25) is 0 Å². The Morgan fingerprint density at radius 3 is 2.44 bits per heavy atom. The minimum Gasteiger partial charge on any atom is -0.381 e. The first-order valence-electron chi connectivity index (χ1n) is 8.39. The number of rotatable bonds is 4. The van der Waals surface area contributed by atoms with Crippen molar-refractivity contribution in [1.82, 2.24) is 10.2 Å². The zero-order chi connectivity index (χ0) is 20.6. The molecule has 0 aliphatic carbocycles. The van der Waals surface area contributed by atoms with E-state index in [1.807, 2.05) is 30.3 Å². The molecule has 142 valence electrons. The van der Waals surface area contributed by atoms with Crippen molar-refractivity contribution in [1.29, 1.82) is 10.5 Å². The predicted molar refractivity (Wildman–Crippen MR) is 106 cm³/mol. The third-order valence-electron chi connectivity index (χ3n) is 4.11. The molecule has 0 bridgehead atoms. The van der Waals surface area contributed by atoms with Crippen LogP contribution in [-0.4, -0.2) is 36.2 Å². The van der Waals surface area contributed by atoms with E-state index in [-0.39, 0.29) is 23.7 Å². The minimum atomic E-state index is 0.0457. The second-order valence-corrected chi connectivity index (χ2v) is 6.21. The number of nitriles is 2. The van der Waals surface area contributed by atoms with Crippen molar-refractivity contribution in [3.05, 3.63) is 35.5 Å². The molecule has 0 saturated heterocycles. The van der Waals surface area contributed by atoms with Crippen molar-refractivity contribution < 1.29 is 4.79 Å². The molecule has 0 aliphatic rings. The van der Waals surface area contributed by atoms with Crippen molar-refractivity contribution in [2.75, 3.05) is 29.6 Å². The number of benzene rings is 1. The van der Waals surface area contributed by atoms with Crippen molar-refractivity contribution in [2.45, 2.75) is 33.2 Å². The number of carbonyl (C=O) groups is 1. The number of amides is 1. The predicted octanol–water partition coefficient (Wildman–Crippen LogP) is 2.44. The van der Waals surface area contributed by atoms with Crippen LogP contribution < -0.4 is 15.5 Å². The van der Waals surface area contributed by atoms with E-state index in [2.05, 4.69) is 42.1 Å². The quantitative estimate of drug-likeness (QED) is 0.855. The van der Waals surface area contributed by atoms with Crippen LogP contribution >= 0.6 is 0 Å². The lowest BCUT2D eigenvalue weighted by Crippen LogP contribution is -2.27. The van der Waals surface area contributed by atoms with Crippen LogP contribution in [0.5, 0.6) is 0 Å². The smallest absolute Gasteiger partial charge is 0.223 e. The number of nitrogen functional groups attached to an aromatic ring is 1. The Hall–Kier alpha value is -3.52. The van der Waals surface area contributed by atoms with Gasteiger partial charge in [-0.1, -0.05) is 6.07 Å². The lowest BCUT2D eigenvalue weighted by Gasteiger charge is -2.25. The molecular formula is C19H25N7O. The van der Waals surface area contributed by atoms with Crippen molar-refractivity contribution in [2.24, 2.45) is 0 Å². The van der Waals surface area contributed by atoms with Crippen molar-refractivity contribution in [3.8, 4) is 12.1 Å². The van der Waals surface area contributed by atoms with Gasteiger partial charge in [0.25, 0.3) is 0 Å². The summed E-state index contributed by atoms with van der Waals surface area (Å²) >= 11 is 0. The molecule has 2 aromatic rings. The molecule has 8 heteroatoms. The van der Waals surface area contributed by atoms with E-state index >= 15 is 0 Å². The van der Waals surface area contributed by atoms with Crippen LogP contribution in [0.1, 0.15) is 32.0 Å². The number of hydrogen-bond donors (Lipinski definition) is 2. The summed E-state index contributed by atoms with van der Waals surface area (Å²) < 4.78 is 0. The Morgan fingerprint density at radius 2 is 1.93 bits per heavy atom. The fourth-order valence-corrected chi connectivity index (χ4v) is 2.13.